The molecule has 1 aromatic heterocycles. The van der Waals surface area contributed by atoms with Gasteiger partial charge in [-0.3, -0.25) is 0 Å². The summed E-state index contributed by atoms with van der Waals surface area (Å²) in [7, 11) is -14.9. The zero-order valence-electron chi connectivity index (χ0n) is 16.9. The summed E-state index contributed by atoms with van der Waals surface area (Å²) in [5.41, 5.74) is -5.54. The average Bonchev–Trinajstić information content (AvgIpc) is 3.25. The molecule has 2 aromatic carbocycles. The predicted molar refractivity (Wildman–Crippen MR) is 109 cm³/mol. The molecule has 0 saturated carbocycles. The molecule has 3 aromatic rings. The summed E-state index contributed by atoms with van der Waals surface area (Å²) in [6.07, 6.45) is 0.795. The highest BCUT2D eigenvalue weighted by atomic mass is 32.2. The first-order valence-corrected chi connectivity index (χ1v) is 13.5. The molecule has 3 rings (SSSR count). The molecule has 8 nitrogen and oxygen atoms in total. The van der Waals surface area contributed by atoms with Gasteiger partial charge in [0, 0.05) is 6.04 Å². The van der Waals surface area contributed by atoms with Crippen molar-refractivity contribution in [2.45, 2.75) is 38.3 Å². The van der Waals surface area contributed by atoms with Crippen molar-refractivity contribution in [1.29, 1.82) is 0 Å². The maximum Gasteiger partial charge on any atom is 0.511 e. The summed E-state index contributed by atoms with van der Waals surface area (Å²) in [5, 5.41) is -1.02. The fraction of sp³-hybridized carbons (Fsp3) is 0.158. The number of sulfonamides is 1. The number of alkyl halides is 3. The average molecular weight is 542 g/mol. The minimum Gasteiger partial charge on any atom is -0.451 e. The number of nitrogens with one attached hydrogen (secondary N) is 1. The fourth-order valence-corrected chi connectivity index (χ4v) is 6.81. The maximum absolute atomic E-state index is 14.1. The molecule has 0 aliphatic heterocycles. The molecule has 1 heterocycles. The van der Waals surface area contributed by atoms with Gasteiger partial charge in [0.15, 0.2) is 0 Å². The monoisotopic (exact) mass is 541 g/mol. The van der Waals surface area contributed by atoms with E-state index in [9.17, 15) is 42.8 Å². The van der Waals surface area contributed by atoms with Crippen molar-refractivity contribution >= 4 is 29.7 Å². The van der Waals surface area contributed by atoms with Crippen molar-refractivity contribution in [3.63, 3.8) is 0 Å². The number of hydrogen-bond acceptors (Lipinski definition) is 7. The second-order valence-corrected chi connectivity index (χ2v) is 12.3. The third-order valence-electron chi connectivity index (χ3n) is 4.58. The molecule has 0 unspecified atom stereocenters. The quantitative estimate of drug-likeness (QED) is 0.453. The van der Waals surface area contributed by atoms with Crippen molar-refractivity contribution in [1.82, 2.24) is 4.72 Å². The molecule has 34 heavy (non-hydrogen) atoms. The Morgan fingerprint density at radius 2 is 1.41 bits per heavy atom. The highest BCUT2D eigenvalue weighted by Crippen LogP contribution is 2.33. The molecule has 0 bridgehead atoms. The van der Waals surface area contributed by atoms with Crippen LogP contribution in [-0.2, 0) is 29.7 Å². The second-order valence-electron chi connectivity index (χ2n) is 6.87. The molecule has 15 heteroatoms. The zero-order valence-corrected chi connectivity index (χ0v) is 19.4. The van der Waals surface area contributed by atoms with Crippen LogP contribution < -0.4 is 4.72 Å². The van der Waals surface area contributed by atoms with Crippen LogP contribution in [0.1, 0.15) is 18.5 Å². The summed E-state index contributed by atoms with van der Waals surface area (Å²) in [5.74, 6) is -1.12. The highest BCUT2D eigenvalue weighted by molar-refractivity contribution is 7.94. The van der Waals surface area contributed by atoms with Gasteiger partial charge in [-0.25, -0.2) is 34.4 Å². The first-order chi connectivity index (χ1) is 15.6. The van der Waals surface area contributed by atoms with Gasteiger partial charge in [0.2, 0.25) is 24.8 Å². The van der Waals surface area contributed by atoms with Crippen LogP contribution in [0.2, 0.25) is 0 Å². The number of halogens is 4. The van der Waals surface area contributed by atoms with Gasteiger partial charge in [-0.05, 0) is 42.8 Å². The van der Waals surface area contributed by atoms with Gasteiger partial charge in [0.05, 0.1) is 11.2 Å². The van der Waals surface area contributed by atoms with Gasteiger partial charge in [-0.2, -0.15) is 13.2 Å². The van der Waals surface area contributed by atoms with Crippen molar-refractivity contribution in [2.75, 3.05) is 0 Å². The van der Waals surface area contributed by atoms with Crippen LogP contribution in [0.15, 0.2) is 85.1 Å². The van der Waals surface area contributed by atoms with E-state index in [1.165, 1.54) is 16.9 Å². The van der Waals surface area contributed by atoms with E-state index in [0.717, 1.165) is 55.7 Å². The smallest absolute Gasteiger partial charge is 0.451 e. The summed E-state index contributed by atoms with van der Waals surface area (Å²) < 4.78 is 132. The molecular weight excluding hydrogens is 526 g/mol. The SMILES string of the molecule is C[C@@H](NS(=O)(=O)C(F)(F)F)c1ccc(S(=O)(=O)c2ccoc2S(=O)(=O)c2ccccc2F)cc1. The third-order valence-corrected chi connectivity index (χ3v) is 9.49. The Balaban J connectivity index is 1.97. The van der Waals surface area contributed by atoms with Crippen molar-refractivity contribution in [2.24, 2.45) is 0 Å². The molecule has 0 spiro atoms. The van der Waals surface area contributed by atoms with Crippen molar-refractivity contribution in [3.05, 3.63) is 72.2 Å². The molecular formula is C19H15F4NO7S3. The molecule has 0 fully saturated rings. The van der Waals surface area contributed by atoms with Crippen LogP contribution >= 0.6 is 0 Å². The van der Waals surface area contributed by atoms with Crippen LogP contribution in [0.4, 0.5) is 17.6 Å². The Hall–Kier alpha value is -2.75. The van der Waals surface area contributed by atoms with Crippen LogP contribution in [-0.4, -0.2) is 30.8 Å². The number of rotatable bonds is 7. The van der Waals surface area contributed by atoms with E-state index in [4.69, 9.17) is 4.42 Å². The Labute approximate surface area is 192 Å². The molecule has 0 aliphatic rings. The molecule has 0 aliphatic carbocycles. The lowest BCUT2D eigenvalue weighted by Crippen LogP contribution is -2.37. The number of benzene rings is 2. The number of hydrogen-bond donors (Lipinski definition) is 1. The topological polar surface area (TPSA) is 128 Å². The minimum atomic E-state index is -5.65. The molecule has 1 N–H and O–H groups in total. The summed E-state index contributed by atoms with van der Waals surface area (Å²) in [6.45, 7) is 1.11. The third kappa shape index (κ3) is 4.73. The van der Waals surface area contributed by atoms with Gasteiger partial charge < -0.3 is 4.42 Å². The van der Waals surface area contributed by atoms with Gasteiger partial charge in [0.1, 0.15) is 15.6 Å². The van der Waals surface area contributed by atoms with E-state index in [2.05, 4.69) is 0 Å². The van der Waals surface area contributed by atoms with E-state index >= 15 is 0 Å². The van der Waals surface area contributed by atoms with E-state index < -0.39 is 66.8 Å². The van der Waals surface area contributed by atoms with Crippen molar-refractivity contribution in [3.8, 4) is 0 Å². The Morgan fingerprint density at radius 1 is 0.824 bits per heavy atom. The predicted octanol–water partition coefficient (Wildman–Crippen LogP) is 3.58. The van der Waals surface area contributed by atoms with Gasteiger partial charge in [-0.15, -0.1) is 0 Å². The first kappa shape index (κ1) is 25.9. The van der Waals surface area contributed by atoms with E-state index in [0.29, 0.717) is 0 Å². The lowest BCUT2D eigenvalue weighted by atomic mass is 10.1. The normalized spacial score (nSPS) is 14.1. The Kier molecular flexibility index (Phi) is 6.69. The maximum atomic E-state index is 14.1. The van der Waals surface area contributed by atoms with E-state index in [1.54, 1.807) is 0 Å². The zero-order chi connectivity index (χ0) is 25.5. The molecule has 0 radical (unpaired) electrons. The molecule has 1 atom stereocenters. The lowest BCUT2D eigenvalue weighted by Gasteiger charge is -2.16. The molecule has 0 amide bonds. The van der Waals surface area contributed by atoms with Crippen molar-refractivity contribution < 1.29 is 47.2 Å². The van der Waals surface area contributed by atoms with Crippen LogP contribution in [0, 0.1) is 5.82 Å². The minimum absolute atomic E-state index is 0.00169. The number of furan rings is 1. The van der Waals surface area contributed by atoms with Crippen LogP contribution in [0.5, 0.6) is 0 Å². The van der Waals surface area contributed by atoms with Gasteiger partial charge in [-0.1, -0.05) is 24.3 Å². The van der Waals surface area contributed by atoms with Crippen LogP contribution in [0.25, 0.3) is 0 Å². The van der Waals surface area contributed by atoms with Gasteiger partial charge in [0.25, 0.3) is 0 Å². The van der Waals surface area contributed by atoms with E-state index in [-0.39, 0.29) is 5.56 Å². The second kappa shape index (κ2) is 8.79. The standard InChI is InChI=1S/C19H15F4NO7S3/c1-12(24-34(29,30)19(21,22)23)13-6-8-14(9-7-13)32(25,26)17-10-11-31-18(17)33(27,28)16-5-3-2-4-15(16)20/h2-12,24H,1H3/t12-/m1/s1. The Bertz CT molecular complexity index is 1530. The summed E-state index contributed by atoms with van der Waals surface area (Å²) in [4.78, 5) is -2.05. The van der Waals surface area contributed by atoms with Crippen LogP contribution in [0.3, 0.4) is 0 Å². The first-order valence-electron chi connectivity index (χ1n) is 9.10. The Morgan fingerprint density at radius 3 is 1.97 bits per heavy atom. The van der Waals surface area contributed by atoms with Gasteiger partial charge >= 0.3 is 15.5 Å². The largest absolute Gasteiger partial charge is 0.511 e. The summed E-state index contributed by atoms with van der Waals surface area (Å²) >= 11 is 0. The summed E-state index contributed by atoms with van der Waals surface area (Å²) in [6, 6.07) is 7.80. The lowest BCUT2D eigenvalue weighted by molar-refractivity contribution is -0.0450. The van der Waals surface area contributed by atoms with E-state index in [1.807, 2.05) is 0 Å². The highest BCUT2D eigenvalue weighted by Gasteiger charge is 2.46. The molecule has 184 valence electrons. The number of sulfone groups is 2. The molecule has 0 saturated heterocycles. The fourth-order valence-electron chi connectivity index (χ4n) is 2.87.